The van der Waals surface area contributed by atoms with Crippen LogP contribution in [0, 0.1) is 5.92 Å². The van der Waals surface area contributed by atoms with Crippen molar-refractivity contribution in [1.29, 1.82) is 0 Å². The average molecular weight is 344 g/mol. The molecule has 6 nitrogen and oxygen atoms in total. The van der Waals surface area contributed by atoms with Gasteiger partial charge in [0.2, 0.25) is 0 Å². The maximum atomic E-state index is 13.2. The summed E-state index contributed by atoms with van der Waals surface area (Å²) in [6.45, 7) is 3.12. The Labute approximate surface area is 147 Å². The first kappa shape index (κ1) is 17.5. The molecule has 1 fully saturated rings. The number of carboxylic acids is 1. The van der Waals surface area contributed by atoms with E-state index in [1.54, 1.807) is 18.9 Å². The van der Waals surface area contributed by atoms with E-state index in [1.165, 1.54) is 0 Å². The number of carbonyl (C=O) groups excluding carboxylic acids is 1. The van der Waals surface area contributed by atoms with Crippen LogP contribution < -0.4 is 0 Å². The summed E-state index contributed by atoms with van der Waals surface area (Å²) in [5.74, 6) is -1.53. The van der Waals surface area contributed by atoms with Crippen molar-refractivity contribution in [2.45, 2.75) is 32.4 Å². The topological polar surface area (TPSA) is 71.8 Å². The number of rotatable bonds is 8. The van der Waals surface area contributed by atoms with Crippen molar-refractivity contribution < 1.29 is 19.4 Å². The summed E-state index contributed by atoms with van der Waals surface area (Å²) in [5.41, 5.74) is 1.63. The van der Waals surface area contributed by atoms with Gasteiger partial charge >= 0.3 is 5.97 Å². The molecule has 134 valence electrons. The average Bonchev–Trinajstić information content (AvgIpc) is 3.38. The highest BCUT2D eigenvalue weighted by molar-refractivity contribution is 6.07. The molecule has 1 heterocycles. The smallest absolute Gasteiger partial charge is 0.308 e. The molecule has 0 radical (unpaired) electrons. The summed E-state index contributed by atoms with van der Waals surface area (Å²) in [6, 6.07) is 7.96. The quantitative estimate of drug-likeness (QED) is 0.799. The van der Waals surface area contributed by atoms with Crippen molar-refractivity contribution in [2.24, 2.45) is 5.92 Å². The normalized spacial score (nSPS) is 15.3. The van der Waals surface area contributed by atoms with Gasteiger partial charge in [-0.3, -0.25) is 9.59 Å². The zero-order valence-corrected chi connectivity index (χ0v) is 14.6. The second-order valence-electron chi connectivity index (χ2n) is 6.67. The summed E-state index contributed by atoms with van der Waals surface area (Å²) < 4.78 is 7.18. The van der Waals surface area contributed by atoms with Crippen molar-refractivity contribution in [2.75, 3.05) is 20.3 Å². The molecule has 0 bridgehead atoms. The maximum absolute atomic E-state index is 13.2. The first-order chi connectivity index (χ1) is 12.0. The Balaban J connectivity index is 1.93. The number of carbonyl (C=O) groups is 2. The van der Waals surface area contributed by atoms with Crippen LogP contribution in [0.1, 0.15) is 30.1 Å². The molecule has 6 heteroatoms. The van der Waals surface area contributed by atoms with Gasteiger partial charge in [-0.2, -0.15) is 0 Å². The highest BCUT2D eigenvalue weighted by atomic mass is 16.5. The number of fused-ring (bicyclic) bond motifs is 1. The fourth-order valence-corrected chi connectivity index (χ4v) is 3.10. The van der Waals surface area contributed by atoms with Crippen LogP contribution in [0.25, 0.3) is 10.9 Å². The van der Waals surface area contributed by atoms with E-state index in [0.29, 0.717) is 18.7 Å². The number of benzene rings is 1. The van der Waals surface area contributed by atoms with E-state index in [9.17, 15) is 14.7 Å². The molecule has 1 aromatic heterocycles. The minimum Gasteiger partial charge on any atom is -0.481 e. The molecule has 1 N–H and O–H groups in total. The Hall–Kier alpha value is -2.34. The minimum absolute atomic E-state index is 0.0806. The van der Waals surface area contributed by atoms with E-state index >= 15 is 0 Å². The maximum Gasteiger partial charge on any atom is 0.308 e. The number of aliphatic carboxylic acids is 1. The molecular weight excluding hydrogens is 320 g/mol. The number of ether oxygens (including phenoxy) is 1. The predicted molar refractivity (Wildman–Crippen MR) is 94.7 cm³/mol. The van der Waals surface area contributed by atoms with Crippen LogP contribution in [-0.4, -0.2) is 52.8 Å². The standard InChI is InChI=1S/C19H24N2O4/c1-13(19(23)24)11-21(14-7-8-14)18(22)16-12-20(9-10-25-2)17-6-4-3-5-15(16)17/h3-6,12-14H,7-11H2,1-2H3,(H,23,24). The number of hydrogen-bond acceptors (Lipinski definition) is 3. The number of hydrogen-bond donors (Lipinski definition) is 1. The summed E-state index contributed by atoms with van der Waals surface area (Å²) in [7, 11) is 1.65. The molecule has 0 spiro atoms. The Morgan fingerprint density at radius 1 is 1.36 bits per heavy atom. The van der Waals surface area contributed by atoms with Crippen molar-refractivity contribution in [3.63, 3.8) is 0 Å². The molecule has 1 atom stereocenters. The lowest BCUT2D eigenvalue weighted by Gasteiger charge is -2.24. The molecule has 0 saturated heterocycles. The summed E-state index contributed by atoms with van der Waals surface area (Å²) in [6.07, 6.45) is 3.76. The molecule has 1 unspecified atom stereocenters. The molecule has 1 aliphatic carbocycles. The monoisotopic (exact) mass is 344 g/mol. The van der Waals surface area contributed by atoms with Gasteiger partial charge in [0.1, 0.15) is 0 Å². The molecule has 1 aromatic carbocycles. The predicted octanol–water partition coefficient (Wildman–Crippen LogP) is 2.61. The third-order valence-electron chi connectivity index (χ3n) is 4.70. The van der Waals surface area contributed by atoms with E-state index in [-0.39, 0.29) is 18.5 Å². The van der Waals surface area contributed by atoms with Gasteiger partial charge in [0, 0.05) is 43.3 Å². The van der Waals surface area contributed by atoms with Gasteiger partial charge in [0.05, 0.1) is 18.1 Å². The third kappa shape index (κ3) is 3.69. The molecule has 3 rings (SSSR count). The van der Waals surface area contributed by atoms with E-state index in [1.807, 2.05) is 35.0 Å². The number of aromatic nitrogens is 1. The summed E-state index contributed by atoms with van der Waals surface area (Å²) in [4.78, 5) is 26.1. The molecule has 0 aliphatic heterocycles. The van der Waals surface area contributed by atoms with E-state index in [2.05, 4.69) is 0 Å². The van der Waals surface area contributed by atoms with Crippen LogP contribution in [0.3, 0.4) is 0 Å². The Kier molecular flexibility index (Phi) is 5.08. The zero-order chi connectivity index (χ0) is 18.0. The van der Waals surface area contributed by atoms with Gasteiger partial charge in [-0.25, -0.2) is 0 Å². The molecule has 2 aromatic rings. The SMILES string of the molecule is COCCn1cc(C(=O)N(CC(C)C(=O)O)C2CC2)c2ccccc21. The Bertz CT molecular complexity index is 779. The zero-order valence-electron chi connectivity index (χ0n) is 14.6. The van der Waals surface area contributed by atoms with Crippen LogP contribution in [0.2, 0.25) is 0 Å². The van der Waals surface area contributed by atoms with Crippen LogP contribution >= 0.6 is 0 Å². The van der Waals surface area contributed by atoms with Gasteiger partial charge < -0.3 is 19.3 Å². The lowest BCUT2D eigenvalue weighted by atomic mass is 10.1. The van der Waals surface area contributed by atoms with E-state index in [4.69, 9.17) is 4.74 Å². The summed E-state index contributed by atoms with van der Waals surface area (Å²) >= 11 is 0. The molecule has 1 amide bonds. The third-order valence-corrected chi connectivity index (χ3v) is 4.70. The van der Waals surface area contributed by atoms with E-state index < -0.39 is 11.9 Å². The number of amides is 1. The Morgan fingerprint density at radius 2 is 2.08 bits per heavy atom. The van der Waals surface area contributed by atoms with Crippen LogP contribution in [0.15, 0.2) is 30.5 Å². The highest BCUT2D eigenvalue weighted by Crippen LogP contribution is 2.31. The fraction of sp³-hybridized carbons (Fsp3) is 0.474. The van der Waals surface area contributed by atoms with Crippen molar-refractivity contribution in [3.05, 3.63) is 36.0 Å². The second kappa shape index (κ2) is 7.27. The van der Waals surface area contributed by atoms with Gasteiger partial charge in [-0.05, 0) is 18.9 Å². The van der Waals surface area contributed by atoms with Gasteiger partial charge in [-0.15, -0.1) is 0 Å². The summed E-state index contributed by atoms with van der Waals surface area (Å²) in [5, 5.41) is 10.1. The number of methoxy groups -OCH3 is 1. The Morgan fingerprint density at radius 3 is 2.72 bits per heavy atom. The van der Waals surface area contributed by atoms with E-state index in [0.717, 1.165) is 23.7 Å². The van der Waals surface area contributed by atoms with Crippen LogP contribution in [0.4, 0.5) is 0 Å². The number of nitrogens with zero attached hydrogens (tertiary/aromatic N) is 2. The largest absolute Gasteiger partial charge is 0.481 e. The van der Waals surface area contributed by atoms with Crippen LogP contribution in [0.5, 0.6) is 0 Å². The molecule has 25 heavy (non-hydrogen) atoms. The lowest BCUT2D eigenvalue weighted by molar-refractivity contribution is -0.141. The minimum atomic E-state index is -0.874. The first-order valence-corrected chi connectivity index (χ1v) is 8.63. The van der Waals surface area contributed by atoms with Crippen molar-refractivity contribution in [1.82, 2.24) is 9.47 Å². The molecule has 1 saturated carbocycles. The fourth-order valence-electron chi connectivity index (χ4n) is 3.10. The lowest BCUT2D eigenvalue weighted by Crippen LogP contribution is -2.38. The molecule has 1 aliphatic rings. The number of carboxylic acid groups (broad SMARTS) is 1. The molecular formula is C19H24N2O4. The van der Waals surface area contributed by atoms with Gasteiger partial charge in [0.15, 0.2) is 0 Å². The van der Waals surface area contributed by atoms with Gasteiger partial charge in [0.25, 0.3) is 5.91 Å². The highest BCUT2D eigenvalue weighted by Gasteiger charge is 2.35. The van der Waals surface area contributed by atoms with Crippen LogP contribution in [-0.2, 0) is 16.1 Å². The second-order valence-corrected chi connectivity index (χ2v) is 6.67. The van der Waals surface area contributed by atoms with Crippen molar-refractivity contribution in [3.8, 4) is 0 Å². The van der Waals surface area contributed by atoms with Gasteiger partial charge in [-0.1, -0.05) is 25.1 Å². The first-order valence-electron chi connectivity index (χ1n) is 8.63. The number of para-hydroxylation sites is 1. The van der Waals surface area contributed by atoms with Crippen molar-refractivity contribution >= 4 is 22.8 Å².